The van der Waals surface area contributed by atoms with E-state index < -0.39 is 10.4 Å². The molecule has 0 aromatic rings. The average Bonchev–Trinajstić information content (AvgIpc) is 2.94. The summed E-state index contributed by atoms with van der Waals surface area (Å²) in [4.78, 5) is 2.35. The van der Waals surface area contributed by atoms with Crippen LogP contribution in [0.25, 0.3) is 0 Å². The van der Waals surface area contributed by atoms with Crippen LogP contribution in [0, 0.1) is 0 Å². The Bertz CT molecular complexity index is 480. The number of nitrogens with zero attached hydrogens (tertiary/aromatic N) is 2. The van der Waals surface area contributed by atoms with Crippen LogP contribution in [0.1, 0.15) is 71.1 Å². The molecule has 0 fully saturated rings. The van der Waals surface area contributed by atoms with Crippen LogP contribution in [-0.2, 0) is 14.6 Å². The molecule has 0 unspecified atom stereocenters. The first-order valence-corrected chi connectivity index (χ1v) is 11.1. The maximum Gasteiger partial charge on any atom is 0.246 e. The van der Waals surface area contributed by atoms with Gasteiger partial charge in [-0.05, 0) is 6.42 Å². The fraction of sp³-hybridized carbons (Fsp3) is 0.944. The van der Waals surface area contributed by atoms with Crippen molar-refractivity contribution in [2.24, 2.45) is 0 Å². The fourth-order valence-electron chi connectivity index (χ4n) is 3.07. The molecule has 7 nitrogen and oxygen atoms in total. The van der Waals surface area contributed by atoms with Crippen LogP contribution in [0.3, 0.4) is 0 Å². The molecule has 0 amide bonds. The van der Waals surface area contributed by atoms with Crippen molar-refractivity contribution in [2.75, 3.05) is 40.4 Å². The summed E-state index contributed by atoms with van der Waals surface area (Å²) >= 11 is 0. The normalized spacial score (nSPS) is 14.6. The van der Waals surface area contributed by atoms with Gasteiger partial charge in [0.15, 0.2) is 0 Å². The number of β-amino-alcohol motifs (C(OH)–C–C–N with tert-alkyl or cyclic N) is 1. The molecule has 0 bridgehead atoms. The van der Waals surface area contributed by atoms with Crippen LogP contribution in [0.4, 0.5) is 0 Å². The molecule has 1 aliphatic heterocycles. The number of aliphatic hydroxyl groups is 1. The lowest BCUT2D eigenvalue weighted by Gasteiger charge is -2.11. The summed E-state index contributed by atoms with van der Waals surface area (Å²) in [5.41, 5.74) is 0. The highest BCUT2D eigenvalue weighted by molar-refractivity contribution is 7.80. The minimum Gasteiger partial charge on any atom is -0.726 e. The third kappa shape index (κ3) is 13.5. The molecule has 0 saturated heterocycles. The van der Waals surface area contributed by atoms with Crippen molar-refractivity contribution >= 4 is 16.2 Å². The second-order valence-electron chi connectivity index (χ2n) is 6.70. The third-order valence-corrected chi connectivity index (χ3v) is 5.00. The molecule has 1 rings (SSSR count). The molecule has 156 valence electrons. The van der Waals surface area contributed by atoms with Gasteiger partial charge >= 0.3 is 0 Å². The van der Waals surface area contributed by atoms with Crippen molar-refractivity contribution in [1.29, 1.82) is 0 Å². The van der Waals surface area contributed by atoms with Gasteiger partial charge in [0.1, 0.15) is 19.6 Å². The minimum atomic E-state index is -4.41. The van der Waals surface area contributed by atoms with E-state index in [4.69, 9.17) is 5.11 Å². The lowest BCUT2D eigenvalue weighted by molar-refractivity contribution is -0.487. The zero-order valence-electron chi connectivity index (χ0n) is 16.8. The Hall–Kier alpha value is -0.700. The molecule has 1 aliphatic rings. The molecule has 8 heteroatoms. The molecule has 0 saturated carbocycles. The predicted octanol–water partition coefficient (Wildman–Crippen LogP) is 2.35. The second kappa shape index (κ2) is 15.4. The van der Waals surface area contributed by atoms with E-state index in [0.717, 1.165) is 26.7 Å². The fourth-order valence-corrected chi connectivity index (χ4v) is 3.07. The summed E-state index contributed by atoms with van der Waals surface area (Å²) in [6.45, 7) is 5.56. The number of amidine groups is 1. The molecule has 26 heavy (non-hydrogen) atoms. The average molecular weight is 395 g/mol. The van der Waals surface area contributed by atoms with E-state index in [1.807, 2.05) is 0 Å². The van der Waals surface area contributed by atoms with Crippen molar-refractivity contribution in [2.45, 2.75) is 71.1 Å². The summed E-state index contributed by atoms with van der Waals surface area (Å²) in [6.07, 6.45) is 13.7. The summed E-state index contributed by atoms with van der Waals surface area (Å²) < 4.78 is 33.4. The maximum absolute atomic E-state index is 9.22. The van der Waals surface area contributed by atoms with Gasteiger partial charge in [-0.1, -0.05) is 58.3 Å². The largest absolute Gasteiger partial charge is 0.726 e. The summed E-state index contributed by atoms with van der Waals surface area (Å²) in [5, 5.41) is 9.09. The van der Waals surface area contributed by atoms with E-state index >= 15 is 0 Å². The van der Waals surface area contributed by atoms with Crippen LogP contribution >= 0.6 is 0 Å². The highest BCUT2D eigenvalue weighted by Gasteiger charge is 2.26. The van der Waals surface area contributed by atoms with E-state index in [-0.39, 0.29) is 6.61 Å². The third-order valence-electron chi connectivity index (χ3n) is 4.59. The van der Waals surface area contributed by atoms with Crippen molar-refractivity contribution in [3.63, 3.8) is 0 Å². The van der Waals surface area contributed by atoms with Gasteiger partial charge in [0.05, 0.1) is 20.8 Å². The zero-order valence-corrected chi connectivity index (χ0v) is 17.6. The van der Waals surface area contributed by atoms with Crippen molar-refractivity contribution < 1.29 is 26.8 Å². The smallest absolute Gasteiger partial charge is 0.246 e. The molecular formula is C18H38N2O5S. The van der Waals surface area contributed by atoms with Gasteiger partial charge in [-0.25, -0.2) is 8.42 Å². The van der Waals surface area contributed by atoms with Gasteiger partial charge in [0.2, 0.25) is 16.2 Å². The maximum atomic E-state index is 9.22. The number of hydrogen-bond acceptors (Lipinski definition) is 6. The minimum absolute atomic E-state index is 0.273. The molecule has 0 atom stereocenters. The van der Waals surface area contributed by atoms with Gasteiger partial charge in [-0.2, -0.15) is 0 Å². The number of likely N-dealkylation sites (N-methyl/N-ethyl adjacent to an activating group) is 1. The Morgan fingerprint density at radius 1 is 1.12 bits per heavy atom. The monoisotopic (exact) mass is 394 g/mol. The molecule has 0 aromatic heterocycles. The van der Waals surface area contributed by atoms with Crippen LogP contribution in [0.2, 0.25) is 0 Å². The van der Waals surface area contributed by atoms with Gasteiger partial charge < -0.3 is 9.66 Å². The quantitative estimate of drug-likeness (QED) is 0.223. The number of rotatable bonds is 13. The first-order valence-electron chi connectivity index (χ1n) is 9.79. The molecule has 1 heterocycles. The Morgan fingerprint density at radius 2 is 1.62 bits per heavy atom. The van der Waals surface area contributed by atoms with E-state index in [2.05, 4.69) is 27.6 Å². The van der Waals surface area contributed by atoms with Crippen molar-refractivity contribution in [3.8, 4) is 0 Å². The van der Waals surface area contributed by atoms with Crippen molar-refractivity contribution in [1.82, 2.24) is 4.90 Å². The van der Waals surface area contributed by atoms with E-state index in [9.17, 15) is 13.0 Å². The van der Waals surface area contributed by atoms with E-state index in [0.29, 0.717) is 0 Å². The first kappa shape index (κ1) is 25.3. The molecule has 0 aromatic carbocycles. The molecule has 0 spiro atoms. The van der Waals surface area contributed by atoms with Crippen molar-refractivity contribution in [3.05, 3.63) is 0 Å². The lowest BCUT2D eigenvalue weighted by atomic mass is 10.1. The Kier molecular flexibility index (Phi) is 15.0. The number of unbranched alkanes of at least 4 members (excludes halogenated alkanes) is 8. The van der Waals surface area contributed by atoms with Crippen LogP contribution in [-0.4, -0.2) is 73.8 Å². The highest BCUT2D eigenvalue weighted by atomic mass is 32.3. The predicted molar refractivity (Wildman–Crippen MR) is 103 cm³/mol. The summed E-state index contributed by atoms with van der Waals surface area (Å²) in [7, 11) is -1.42. The van der Waals surface area contributed by atoms with Gasteiger partial charge in [0.25, 0.3) is 0 Å². The number of aliphatic hydroxyl groups excluding tert-OH is 1. The Balaban J connectivity index is 0.000000896. The highest BCUT2D eigenvalue weighted by Crippen LogP contribution is 2.12. The first-order chi connectivity index (χ1) is 12.4. The molecule has 0 aliphatic carbocycles. The number of hydrogen-bond donors (Lipinski definition) is 1. The van der Waals surface area contributed by atoms with Crippen LogP contribution in [0.5, 0.6) is 0 Å². The Morgan fingerprint density at radius 3 is 2.08 bits per heavy atom. The van der Waals surface area contributed by atoms with E-state index in [1.165, 1.54) is 70.0 Å². The standard InChI is InChI=1S/C17H35N2O.CH4O4S/c1-3-4-5-6-7-8-9-10-11-12-17-18(2)13-14-19(17)15-16-20;1-5-6(2,3)4/h20H,3-16H2,1-2H3;1H3,(H,2,3,4)/q+1;/p-1. The summed E-state index contributed by atoms with van der Waals surface area (Å²) in [5.74, 6) is 1.45. The Labute approximate surface area is 160 Å². The summed E-state index contributed by atoms with van der Waals surface area (Å²) in [6, 6.07) is 0. The zero-order chi connectivity index (χ0) is 19.8. The SMILES string of the molecule is CCCCCCCCCCCC1=[N+](C)CCN1CCO.COS(=O)(=O)[O-]. The van der Waals surface area contributed by atoms with Crippen LogP contribution in [0.15, 0.2) is 0 Å². The molecule has 1 N–H and O–H groups in total. The molecule has 0 radical (unpaired) electrons. The van der Waals surface area contributed by atoms with Gasteiger partial charge in [-0.3, -0.25) is 13.7 Å². The van der Waals surface area contributed by atoms with Crippen LogP contribution < -0.4 is 0 Å². The topological polar surface area (TPSA) is 92.9 Å². The van der Waals surface area contributed by atoms with Gasteiger partial charge in [-0.15, -0.1) is 0 Å². The lowest BCUT2D eigenvalue weighted by Crippen LogP contribution is -2.31. The second-order valence-corrected chi connectivity index (χ2v) is 7.85. The van der Waals surface area contributed by atoms with E-state index in [1.54, 1.807) is 0 Å². The van der Waals surface area contributed by atoms with Gasteiger partial charge in [0, 0.05) is 6.42 Å². The molecular weight excluding hydrogens is 356 g/mol.